The first-order chi connectivity index (χ1) is 9.39. The fourth-order valence-corrected chi connectivity index (χ4v) is 1.66. The molecular weight excluding hydrogens is 425 g/mol. The second-order valence-electron chi connectivity index (χ2n) is 3.88. The molecule has 11 heteroatoms. The molecule has 0 aromatic carbocycles. The molecule has 136 valence electrons. The van der Waals surface area contributed by atoms with E-state index in [-0.39, 0.29) is 18.0 Å². The maximum Gasteiger partial charge on any atom is -0.255 e. The molecule has 0 saturated carbocycles. The minimum Gasteiger partial charge on any atom is -0.255 e. The molecule has 5 N–H and O–H groups in total. The Morgan fingerprint density at radius 2 is 1.19 bits per heavy atom. The maximum atomic E-state index is 10.4. The topological polar surface area (TPSA) is 145 Å². The summed E-state index contributed by atoms with van der Waals surface area (Å²) in [5.41, 5.74) is 0. The molecule has 0 heterocycles. The van der Waals surface area contributed by atoms with E-state index in [1.54, 1.807) is 6.92 Å². The zero-order valence-corrected chi connectivity index (χ0v) is 15.0. The van der Waals surface area contributed by atoms with E-state index in [4.69, 9.17) is 26.3 Å². The van der Waals surface area contributed by atoms with Gasteiger partial charge < -0.3 is 0 Å². The summed E-state index contributed by atoms with van der Waals surface area (Å²) in [5.74, 6) is 0.0495. The van der Waals surface area contributed by atoms with Gasteiger partial charge in [-0.15, -0.1) is 0 Å². The van der Waals surface area contributed by atoms with E-state index >= 15 is 0 Å². The van der Waals surface area contributed by atoms with Crippen LogP contribution in [-0.4, -0.2) is 42.4 Å². The van der Waals surface area contributed by atoms with Gasteiger partial charge in [0.05, 0.1) is 0 Å². The van der Waals surface area contributed by atoms with Crippen molar-refractivity contribution < 1.29 is 88.0 Å². The zero-order valence-electron chi connectivity index (χ0n) is 11.9. The Kier molecular flexibility index (Phi) is 23.9. The molecule has 0 aliphatic carbocycles. The molecule has 0 aliphatic heterocycles. The smallest absolute Gasteiger partial charge is 0.255 e. The average Bonchev–Trinajstić information content (AvgIpc) is 2.30. The molecule has 1 atom stereocenters. The molecule has 0 aliphatic rings. The molecule has 0 spiro atoms. The first-order valence-corrected chi connectivity index (χ1v) is 6.67. The Labute approximate surface area is 147 Å². The number of hydrogen-bond acceptors (Lipinski definition) is 8. The van der Waals surface area contributed by atoms with Crippen LogP contribution in [0.2, 0.25) is 3.28 Å². The molecule has 0 aromatic heterocycles. The molecule has 0 aromatic rings. The summed E-state index contributed by atoms with van der Waals surface area (Å²) in [5, 5.41) is 32.1. The van der Waals surface area contributed by atoms with Crippen LogP contribution < -0.4 is 0 Å². The molecular formula is C10H21Co3O8. The van der Waals surface area contributed by atoms with Gasteiger partial charge in [0.1, 0.15) is 0 Å². The molecule has 0 rings (SSSR count). The third-order valence-electron chi connectivity index (χ3n) is 1.29. The van der Waals surface area contributed by atoms with Gasteiger partial charge in [-0.2, -0.15) is 0 Å². The predicted molar refractivity (Wildman–Crippen MR) is 61.6 cm³/mol. The summed E-state index contributed by atoms with van der Waals surface area (Å²) < 4.78 is -1.50. The third kappa shape index (κ3) is 38.5. The van der Waals surface area contributed by atoms with Crippen LogP contribution in [0.1, 0.15) is 40.5 Å². The standard InChI is InChI=1S/C5H9O3.C5H8O.3Co.2H2O2/c1-4(6)3-5(2)8-7;1-3-4-5(2)6;;;;2*1-2/h7H,3H2,1-2H3;4H2,1-2H3;;;;2*1-2H. The van der Waals surface area contributed by atoms with Crippen molar-refractivity contribution >= 4 is 11.6 Å². The fourth-order valence-electron chi connectivity index (χ4n) is 0.881. The maximum absolute atomic E-state index is 10.4. The van der Waals surface area contributed by atoms with Gasteiger partial charge in [0.15, 0.2) is 0 Å². The number of rotatable bonds is 5. The van der Waals surface area contributed by atoms with Crippen molar-refractivity contribution in [1.29, 1.82) is 0 Å². The fraction of sp³-hybridized carbons (Fsp3) is 0.800. The van der Waals surface area contributed by atoms with Crippen LogP contribution in [0.4, 0.5) is 0 Å². The summed E-state index contributed by atoms with van der Waals surface area (Å²) in [6.45, 7) is 6.23. The van der Waals surface area contributed by atoms with Crippen LogP contribution in [0, 0.1) is 0 Å². The number of ketones is 2. The van der Waals surface area contributed by atoms with Crippen molar-refractivity contribution in [2.24, 2.45) is 0 Å². The predicted octanol–water partition coefficient (Wildman–Crippen LogP) is 1.95. The normalized spacial score (nSPS) is 12.3. The van der Waals surface area contributed by atoms with Gasteiger partial charge in [0.2, 0.25) is 0 Å². The molecule has 0 amide bonds. The van der Waals surface area contributed by atoms with Crippen molar-refractivity contribution in [1.82, 2.24) is 0 Å². The minimum absolute atomic E-state index is 0.0697. The summed E-state index contributed by atoms with van der Waals surface area (Å²) in [7, 11) is 0. The summed E-state index contributed by atoms with van der Waals surface area (Å²) in [6, 6.07) is 0. The number of hydrogen-bond donors (Lipinski definition) is 5. The number of carbonyl (C=O) groups excluding carboxylic acids is 2. The molecule has 0 fully saturated rings. The van der Waals surface area contributed by atoms with E-state index in [0.717, 1.165) is 0 Å². The van der Waals surface area contributed by atoms with Gasteiger partial charge in [-0.3, -0.25) is 21.0 Å². The van der Waals surface area contributed by atoms with E-state index in [2.05, 4.69) is 52.1 Å². The van der Waals surface area contributed by atoms with Gasteiger partial charge in [0.25, 0.3) is 0 Å². The van der Waals surface area contributed by atoms with Gasteiger partial charge >= 0.3 is 127 Å². The SMILES string of the molecule is CC(=O)C[C](C)([Co])OO.CC(=O)C[C](C)([Co])[Co].OO.OO. The summed E-state index contributed by atoms with van der Waals surface area (Å²) in [6.07, 6.45) is 0.510. The molecule has 0 saturated heterocycles. The van der Waals surface area contributed by atoms with E-state index in [1.165, 1.54) is 20.8 Å². The van der Waals surface area contributed by atoms with E-state index < -0.39 is 7.82 Å². The second kappa shape index (κ2) is 17.0. The zero-order chi connectivity index (χ0) is 18.3. The largest absolute Gasteiger partial charge is 0.255 e. The molecule has 8 nitrogen and oxygen atoms in total. The Morgan fingerprint density at radius 3 is 1.24 bits per heavy atom. The van der Waals surface area contributed by atoms with Crippen molar-refractivity contribution in [3.63, 3.8) is 0 Å². The van der Waals surface area contributed by atoms with Crippen LogP contribution in [0.25, 0.3) is 0 Å². The molecule has 21 heavy (non-hydrogen) atoms. The van der Waals surface area contributed by atoms with Crippen molar-refractivity contribution in [2.75, 3.05) is 0 Å². The van der Waals surface area contributed by atoms with Crippen molar-refractivity contribution in [2.45, 2.75) is 48.4 Å². The number of Topliss-reactive ketones (excluding diaryl/α,β-unsaturated/α-hetero) is 2. The molecule has 0 bridgehead atoms. The molecule has 0 radical (unpaired) electrons. The quantitative estimate of drug-likeness (QED) is 0.319. The number of carbonyl (C=O) groups is 2. The van der Waals surface area contributed by atoms with E-state index in [9.17, 15) is 9.59 Å². The van der Waals surface area contributed by atoms with E-state index in [1.807, 2.05) is 0 Å². The Hall–Kier alpha value is 0.619. The van der Waals surface area contributed by atoms with Crippen LogP contribution in [0.3, 0.4) is 0 Å². The first kappa shape index (κ1) is 29.6. The average molecular weight is 446 g/mol. The van der Waals surface area contributed by atoms with Crippen LogP contribution in [0.15, 0.2) is 0 Å². The van der Waals surface area contributed by atoms with Gasteiger partial charge in [0, 0.05) is 0 Å². The summed E-state index contributed by atoms with van der Waals surface area (Å²) >= 11 is 12.0. The first-order valence-electron chi connectivity index (χ1n) is 5.11. The second-order valence-corrected chi connectivity index (χ2v) is 7.65. The van der Waals surface area contributed by atoms with E-state index in [0.29, 0.717) is 6.42 Å². The van der Waals surface area contributed by atoms with Gasteiger partial charge in [-0.25, -0.2) is 0 Å². The summed E-state index contributed by atoms with van der Waals surface area (Å²) in [4.78, 5) is 24.6. The minimum atomic E-state index is -1.04. The van der Waals surface area contributed by atoms with Crippen LogP contribution in [0.5, 0.6) is 0 Å². The third-order valence-corrected chi connectivity index (χ3v) is 1.93. The Morgan fingerprint density at radius 1 is 0.905 bits per heavy atom. The monoisotopic (exact) mass is 446 g/mol. The van der Waals surface area contributed by atoms with Crippen molar-refractivity contribution in [3.8, 4) is 0 Å². The Bertz CT molecular complexity index is 266. The van der Waals surface area contributed by atoms with Gasteiger partial charge in [-0.05, 0) is 0 Å². The van der Waals surface area contributed by atoms with Gasteiger partial charge in [-0.1, -0.05) is 0 Å². The van der Waals surface area contributed by atoms with Crippen molar-refractivity contribution in [3.05, 3.63) is 0 Å². The van der Waals surface area contributed by atoms with Crippen LogP contribution >= 0.6 is 0 Å². The molecule has 1 unspecified atom stereocenters. The Balaban J connectivity index is -0.000000111. The van der Waals surface area contributed by atoms with Crippen LogP contribution in [-0.2, 0) is 61.7 Å².